The number of carbonyl (C=O) groups is 1. The smallest absolute Gasteiger partial charge is 0.229 e. The highest BCUT2D eigenvalue weighted by Gasteiger charge is 2.25. The lowest BCUT2D eigenvalue weighted by atomic mass is 10.1. The molecule has 22 heavy (non-hydrogen) atoms. The number of aromatic nitrogens is 1. The molecule has 0 radical (unpaired) electrons. The maximum absolute atomic E-state index is 12.3. The van der Waals surface area contributed by atoms with Crippen LogP contribution in [0.3, 0.4) is 0 Å². The molecule has 124 valence electrons. The fraction of sp³-hybridized carbons (Fsp3) is 0.733. The van der Waals surface area contributed by atoms with Gasteiger partial charge in [-0.25, -0.2) is 0 Å². The molecule has 6 nitrogen and oxygen atoms in total. The fourth-order valence-electron chi connectivity index (χ4n) is 2.87. The van der Waals surface area contributed by atoms with E-state index in [1.165, 1.54) is 0 Å². The van der Waals surface area contributed by atoms with Crippen LogP contribution in [0.5, 0.6) is 0 Å². The number of nitrogens with zero attached hydrogens (tertiary/aromatic N) is 3. The van der Waals surface area contributed by atoms with Crippen LogP contribution in [0, 0.1) is 6.92 Å². The van der Waals surface area contributed by atoms with E-state index < -0.39 is 0 Å². The van der Waals surface area contributed by atoms with Crippen molar-refractivity contribution >= 4 is 17.5 Å². The molecular formula is C15H24ClN3O3. The topological polar surface area (TPSA) is 69.8 Å². The Balaban J connectivity index is 1.80. The average molecular weight is 330 g/mol. The van der Waals surface area contributed by atoms with E-state index in [2.05, 4.69) is 17.0 Å². The second kappa shape index (κ2) is 7.94. The highest BCUT2D eigenvalue weighted by Crippen LogP contribution is 2.21. The summed E-state index contributed by atoms with van der Waals surface area (Å²) in [6, 6.07) is 0.204. The molecule has 7 heteroatoms. The number of aliphatic hydroxyl groups excluding tert-OH is 1. The third-order valence-corrected chi connectivity index (χ3v) is 4.69. The Morgan fingerprint density at radius 3 is 2.59 bits per heavy atom. The van der Waals surface area contributed by atoms with Crippen LogP contribution in [0.15, 0.2) is 4.52 Å². The minimum atomic E-state index is 0.133. The van der Waals surface area contributed by atoms with E-state index in [9.17, 15) is 9.90 Å². The van der Waals surface area contributed by atoms with Gasteiger partial charge < -0.3 is 14.5 Å². The minimum absolute atomic E-state index is 0.133. The van der Waals surface area contributed by atoms with E-state index in [0.29, 0.717) is 25.9 Å². The summed E-state index contributed by atoms with van der Waals surface area (Å²) in [5.41, 5.74) is 1.57. The van der Waals surface area contributed by atoms with Gasteiger partial charge in [-0.2, -0.15) is 0 Å². The summed E-state index contributed by atoms with van der Waals surface area (Å²) in [5, 5.41) is 13.4. The van der Waals surface area contributed by atoms with Crippen LogP contribution >= 0.6 is 11.6 Å². The van der Waals surface area contributed by atoms with Crippen molar-refractivity contribution in [3.63, 3.8) is 0 Å². The molecule has 1 aliphatic heterocycles. The second-order valence-corrected chi connectivity index (χ2v) is 6.02. The summed E-state index contributed by atoms with van der Waals surface area (Å²) in [6.45, 7) is 7.14. The van der Waals surface area contributed by atoms with Gasteiger partial charge >= 0.3 is 0 Å². The Kier molecular flexibility index (Phi) is 6.23. The molecule has 2 rings (SSSR count). The van der Waals surface area contributed by atoms with Gasteiger partial charge in [0.25, 0.3) is 0 Å². The van der Waals surface area contributed by atoms with E-state index >= 15 is 0 Å². The van der Waals surface area contributed by atoms with Crippen LogP contribution in [0.25, 0.3) is 0 Å². The van der Waals surface area contributed by atoms with Gasteiger partial charge in [-0.05, 0) is 31.4 Å². The zero-order chi connectivity index (χ0) is 16.1. The second-order valence-electron chi connectivity index (χ2n) is 5.68. The van der Waals surface area contributed by atoms with Gasteiger partial charge in [0, 0.05) is 44.2 Å². The molecule has 1 saturated heterocycles. The Bertz CT molecular complexity index is 475. The Hall–Kier alpha value is -1.11. The number of aryl methyl sites for hydroxylation is 1. The summed E-state index contributed by atoms with van der Waals surface area (Å²) in [7, 11) is 0. The van der Waals surface area contributed by atoms with Crippen molar-refractivity contribution in [2.75, 3.05) is 32.8 Å². The molecule has 2 heterocycles. The molecule has 1 atom stereocenters. The first-order valence-corrected chi connectivity index (χ1v) is 8.18. The van der Waals surface area contributed by atoms with Gasteiger partial charge in [0.1, 0.15) is 0 Å². The predicted molar refractivity (Wildman–Crippen MR) is 83.9 cm³/mol. The van der Waals surface area contributed by atoms with Crippen molar-refractivity contribution < 1.29 is 14.4 Å². The summed E-state index contributed by atoms with van der Waals surface area (Å²) in [4.78, 5) is 16.4. The molecule has 1 N–H and O–H groups in total. The molecule has 1 amide bonds. The molecule has 1 aromatic heterocycles. The van der Waals surface area contributed by atoms with E-state index in [1.54, 1.807) is 0 Å². The van der Waals surface area contributed by atoms with E-state index in [0.717, 1.165) is 30.8 Å². The third-order valence-electron chi connectivity index (χ3n) is 4.39. The van der Waals surface area contributed by atoms with Crippen LogP contribution in [0.2, 0.25) is 5.22 Å². The molecule has 0 spiro atoms. The van der Waals surface area contributed by atoms with Crippen LogP contribution < -0.4 is 0 Å². The third kappa shape index (κ3) is 4.00. The molecule has 1 aliphatic rings. The van der Waals surface area contributed by atoms with Gasteiger partial charge in [0.05, 0.1) is 12.3 Å². The summed E-state index contributed by atoms with van der Waals surface area (Å²) < 4.78 is 4.90. The lowest BCUT2D eigenvalue weighted by molar-refractivity contribution is -0.133. The lowest BCUT2D eigenvalue weighted by Gasteiger charge is -2.38. The average Bonchev–Trinajstić information content (AvgIpc) is 2.85. The fourth-order valence-corrected chi connectivity index (χ4v) is 3.14. The van der Waals surface area contributed by atoms with Crippen molar-refractivity contribution in [2.45, 2.75) is 39.2 Å². The van der Waals surface area contributed by atoms with Crippen molar-refractivity contribution in [3.05, 3.63) is 16.5 Å². The van der Waals surface area contributed by atoms with Gasteiger partial charge in [0.15, 0.2) is 0 Å². The van der Waals surface area contributed by atoms with Crippen LogP contribution in [0.1, 0.15) is 31.0 Å². The Labute approximate surface area is 136 Å². The molecular weight excluding hydrogens is 306 g/mol. The van der Waals surface area contributed by atoms with Crippen molar-refractivity contribution in [2.24, 2.45) is 0 Å². The Morgan fingerprint density at radius 2 is 2.09 bits per heavy atom. The molecule has 0 saturated carbocycles. The first-order valence-electron chi connectivity index (χ1n) is 7.80. The molecule has 1 aromatic rings. The van der Waals surface area contributed by atoms with Gasteiger partial charge in [-0.15, -0.1) is 0 Å². The van der Waals surface area contributed by atoms with Gasteiger partial charge in [0.2, 0.25) is 11.1 Å². The van der Waals surface area contributed by atoms with Crippen molar-refractivity contribution in [1.82, 2.24) is 15.0 Å². The van der Waals surface area contributed by atoms with E-state index in [4.69, 9.17) is 16.1 Å². The molecule has 0 aliphatic carbocycles. The zero-order valence-electron chi connectivity index (χ0n) is 13.2. The van der Waals surface area contributed by atoms with Crippen LogP contribution in [-0.2, 0) is 11.2 Å². The zero-order valence-corrected chi connectivity index (χ0v) is 14.0. The highest BCUT2D eigenvalue weighted by molar-refractivity contribution is 6.29. The monoisotopic (exact) mass is 329 g/mol. The summed E-state index contributed by atoms with van der Waals surface area (Å²) in [5.74, 6) is 0.133. The predicted octanol–water partition coefficient (Wildman–Crippen LogP) is 1.48. The molecule has 0 bridgehead atoms. The largest absolute Gasteiger partial charge is 0.395 e. The van der Waals surface area contributed by atoms with Crippen LogP contribution in [0.4, 0.5) is 0 Å². The minimum Gasteiger partial charge on any atom is -0.395 e. The lowest BCUT2D eigenvalue weighted by Crippen LogP contribution is -2.52. The number of aliphatic hydroxyl groups is 1. The molecule has 1 fully saturated rings. The quantitative estimate of drug-likeness (QED) is 0.856. The normalized spacial score (nSPS) is 17.7. The van der Waals surface area contributed by atoms with Gasteiger partial charge in [-0.1, -0.05) is 12.1 Å². The highest BCUT2D eigenvalue weighted by atomic mass is 35.5. The molecule has 1 unspecified atom stereocenters. The van der Waals surface area contributed by atoms with E-state index in [1.807, 2.05) is 11.8 Å². The SMILES string of the molecule is CCC(CO)N1CCN(C(=O)CCc2c(C)noc2Cl)CC1. The van der Waals surface area contributed by atoms with E-state index in [-0.39, 0.29) is 23.8 Å². The van der Waals surface area contributed by atoms with Crippen LogP contribution in [-0.4, -0.2) is 64.8 Å². The number of rotatable bonds is 6. The number of hydrogen-bond acceptors (Lipinski definition) is 5. The van der Waals surface area contributed by atoms with Crippen molar-refractivity contribution in [3.8, 4) is 0 Å². The number of piperazine rings is 1. The molecule has 0 aromatic carbocycles. The number of hydrogen-bond donors (Lipinski definition) is 1. The Morgan fingerprint density at radius 1 is 1.41 bits per heavy atom. The number of amides is 1. The summed E-state index contributed by atoms with van der Waals surface area (Å²) >= 11 is 5.92. The van der Waals surface area contributed by atoms with Gasteiger partial charge in [-0.3, -0.25) is 9.69 Å². The van der Waals surface area contributed by atoms with Crippen molar-refractivity contribution in [1.29, 1.82) is 0 Å². The standard InChI is InChI=1S/C15H24ClN3O3/c1-3-12(10-20)18-6-8-19(9-7-18)14(21)5-4-13-11(2)17-22-15(13)16/h12,20H,3-10H2,1-2H3. The number of carbonyl (C=O) groups excluding carboxylic acids is 1. The first kappa shape index (κ1) is 17.2. The maximum Gasteiger partial charge on any atom is 0.229 e. The summed E-state index contributed by atoms with van der Waals surface area (Å²) in [6.07, 6.45) is 1.90. The maximum atomic E-state index is 12.3. The first-order chi connectivity index (χ1) is 10.6. The number of halogens is 1.